The zero-order valence-electron chi connectivity index (χ0n) is 61.3. The molecule has 0 bridgehead atoms. The minimum absolute atomic E-state index is 0.00486. The zero-order valence-corrected chi connectivity index (χ0v) is 61.3. The Kier molecular flexibility index (Phi) is 31.8. The largest absolute Gasteiger partial charge is 0.497 e. The van der Waals surface area contributed by atoms with Gasteiger partial charge in [-0.1, -0.05) is 161 Å². The van der Waals surface area contributed by atoms with Crippen molar-refractivity contribution >= 4 is 0 Å². The van der Waals surface area contributed by atoms with Crippen molar-refractivity contribution in [2.45, 2.75) is 157 Å². The van der Waals surface area contributed by atoms with Crippen molar-refractivity contribution in [2.75, 3.05) is 107 Å². The fourth-order valence-corrected chi connectivity index (χ4v) is 9.12. The Morgan fingerprint density at radius 2 is 0.556 bits per heavy atom. The van der Waals surface area contributed by atoms with E-state index in [0.29, 0.717) is 45.7 Å². The lowest BCUT2D eigenvalue weighted by Gasteiger charge is -2.25. The first kappa shape index (κ1) is 80.3. The molecule has 0 aliphatic carbocycles. The molecule has 0 aliphatic rings. The molecule has 0 unspecified atom stereocenters. The molecule has 0 amide bonds. The van der Waals surface area contributed by atoms with Gasteiger partial charge in [-0.25, -0.2) is 0 Å². The van der Waals surface area contributed by atoms with E-state index in [0.717, 1.165) is 73.8 Å². The Hall–Kier alpha value is -7.68. The van der Waals surface area contributed by atoms with Crippen LogP contribution < -0.4 is 71.1 Å². The lowest BCUT2D eigenvalue weighted by atomic mass is 9.85. The molecule has 15 heteroatoms. The van der Waals surface area contributed by atoms with Crippen LogP contribution in [0.25, 0.3) is 0 Å². The molecule has 0 heterocycles. The van der Waals surface area contributed by atoms with Gasteiger partial charge >= 0.3 is 0 Å². The number of hydrogen-bond acceptors (Lipinski definition) is 15. The number of ether oxygens (including phenoxy) is 15. The quantitative estimate of drug-likeness (QED) is 0.0963. The molecule has 0 saturated heterocycles. The molecule has 0 spiro atoms. The summed E-state index contributed by atoms with van der Waals surface area (Å²) >= 11 is 0. The van der Waals surface area contributed by atoms with Gasteiger partial charge in [-0.2, -0.15) is 0 Å². The van der Waals surface area contributed by atoms with Gasteiger partial charge in [-0.15, -0.1) is 0 Å². The highest BCUT2D eigenvalue weighted by molar-refractivity contribution is 5.59. The molecule has 504 valence electrons. The van der Waals surface area contributed by atoms with Crippen LogP contribution in [0.1, 0.15) is 158 Å². The van der Waals surface area contributed by atoms with Gasteiger partial charge in [0, 0.05) is 46.5 Å². The average molecular weight is 1260 g/mol. The highest BCUT2D eigenvalue weighted by atomic mass is 16.5. The van der Waals surface area contributed by atoms with Crippen molar-refractivity contribution in [1.82, 2.24) is 0 Å². The Morgan fingerprint density at radius 1 is 0.200 bits per heavy atom. The standard InChI is InChI=1S/5C13H20O3.C10H14/c1-13(2,3)9-7-11(15-5)12(16-6)8-10(9)14-4;1-13(2,3)12-10(15-5)7-9(14-4)8-11(12)16-6;1-13(2,3)10-7-9(14-4)8-11(15-5)12(10)16-6;1-13(2,3)9-7-10(14-4)12(16-6)11(8-9)15-5;1-13(2,3)9-7-8-10(14-4)12(16-6)11(9)15-5;1-10(2,3)9-7-5-4-6-8-9/h5*7-8H,1-6H3;4-8H,1-3H3. The number of rotatable bonds is 15. The molecule has 0 atom stereocenters. The van der Waals surface area contributed by atoms with Crippen LogP contribution >= 0.6 is 0 Å². The van der Waals surface area contributed by atoms with Gasteiger partial charge < -0.3 is 71.1 Å². The third kappa shape index (κ3) is 23.3. The lowest BCUT2D eigenvalue weighted by molar-refractivity contribution is 0.318. The summed E-state index contributed by atoms with van der Waals surface area (Å²) in [5, 5.41) is 0. The minimum atomic E-state index is -0.0387. The van der Waals surface area contributed by atoms with Gasteiger partial charge in [-0.05, 0) is 73.9 Å². The summed E-state index contributed by atoms with van der Waals surface area (Å²) in [7, 11) is 24.5. The highest BCUT2D eigenvalue weighted by Crippen LogP contribution is 2.46. The van der Waals surface area contributed by atoms with Crippen molar-refractivity contribution in [1.29, 1.82) is 0 Å². The minimum Gasteiger partial charge on any atom is -0.497 e. The number of benzene rings is 6. The van der Waals surface area contributed by atoms with Crippen LogP contribution in [-0.4, -0.2) is 107 Å². The molecule has 90 heavy (non-hydrogen) atoms. The van der Waals surface area contributed by atoms with Crippen LogP contribution in [0.4, 0.5) is 0 Å². The fourth-order valence-electron chi connectivity index (χ4n) is 9.12. The molecular formula is C75H114O15. The fraction of sp³-hybridized carbons (Fsp3) is 0.520. The van der Waals surface area contributed by atoms with E-state index in [2.05, 4.69) is 155 Å². The van der Waals surface area contributed by atoms with Crippen LogP contribution in [0.5, 0.6) is 86.2 Å². The molecule has 0 aliphatic heterocycles. The first-order valence-corrected chi connectivity index (χ1v) is 29.9. The van der Waals surface area contributed by atoms with E-state index in [4.69, 9.17) is 71.1 Å². The molecule has 6 aromatic rings. The number of methoxy groups -OCH3 is 15. The molecule has 0 aromatic heterocycles. The smallest absolute Gasteiger partial charge is 0.203 e. The maximum absolute atomic E-state index is 5.43. The monoisotopic (exact) mass is 1250 g/mol. The lowest BCUT2D eigenvalue weighted by Crippen LogP contribution is -2.14. The molecular weight excluding hydrogens is 1140 g/mol. The van der Waals surface area contributed by atoms with Crippen LogP contribution in [0.2, 0.25) is 0 Å². The third-order valence-corrected chi connectivity index (χ3v) is 14.2. The Morgan fingerprint density at radius 3 is 0.878 bits per heavy atom. The van der Waals surface area contributed by atoms with Crippen LogP contribution in [0.3, 0.4) is 0 Å². The average Bonchev–Trinajstić information content (AvgIpc) is 1.26. The molecule has 6 rings (SSSR count). The van der Waals surface area contributed by atoms with Crippen molar-refractivity contribution in [2.24, 2.45) is 0 Å². The van der Waals surface area contributed by atoms with E-state index in [9.17, 15) is 0 Å². The summed E-state index contributed by atoms with van der Waals surface area (Å²) in [6, 6.07) is 29.8. The van der Waals surface area contributed by atoms with Gasteiger partial charge in [0.15, 0.2) is 46.0 Å². The summed E-state index contributed by atoms with van der Waals surface area (Å²) in [6.07, 6.45) is 0. The van der Waals surface area contributed by atoms with Gasteiger partial charge in [-0.3, -0.25) is 0 Å². The summed E-state index contributed by atoms with van der Waals surface area (Å²) in [5.74, 6) is 10.9. The zero-order chi connectivity index (χ0) is 69.3. The first-order valence-electron chi connectivity index (χ1n) is 29.9. The Balaban J connectivity index is 0.000000543. The predicted octanol–water partition coefficient (Wildman–Crippen LogP) is 18.0. The summed E-state index contributed by atoms with van der Waals surface area (Å²) in [5.41, 5.74) is 7.18. The highest BCUT2D eigenvalue weighted by Gasteiger charge is 2.28. The van der Waals surface area contributed by atoms with Crippen molar-refractivity contribution in [3.8, 4) is 86.2 Å². The molecule has 0 radical (unpaired) electrons. The van der Waals surface area contributed by atoms with Crippen LogP contribution in [-0.2, 0) is 32.5 Å². The maximum atomic E-state index is 5.43. The van der Waals surface area contributed by atoms with Gasteiger partial charge in [0.2, 0.25) is 11.5 Å². The second kappa shape index (κ2) is 35.6. The SMILES string of the molecule is CC(C)(C)c1ccccc1.COc1cc(C(C)(C)C)cc(OC)c1OC.COc1cc(OC)c(C(C)(C)C)c(OC)c1.COc1cc(OC)c(C(C)(C)C)cc1OC.COc1cc(OC)c(OC)c(C(C)(C)C)c1.COc1ccc(C(C)(C)C)c(OC)c1OC. The Labute approximate surface area is 543 Å². The van der Waals surface area contributed by atoms with E-state index in [1.54, 1.807) is 107 Å². The summed E-state index contributed by atoms with van der Waals surface area (Å²) in [6.45, 7) is 38.7. The normalized spacial score (nSPS) is 11.2. The van der Waals surface area contributed by atoms with E-state index in [-0.39, 0.29) is 27.1 Å². The summed E-state index contributed by atoms with van der Waals surface area (Å²) < 4.78 is 79.8. The van der Waals surface area contributed by atoms with Crippen molar-refractivity contribution < 1.29 is 71.1 Å². The molecule has 6 aromatic carbocycles. The van der Waals surface area contributed by atoms with Gasteiger partial charge in [0.1, 0.15) is 28.7 Å². The first-order chi connectivity index (χ1) is 41.8. The topological polar surface area (TPSA) is 138 Å². The number of hydrogen-bond donors (Lipinski definition) is 0. The molecule has 0 saturated carbocycles. The molecule has 0 N–H and O–H groups in total. The van der Waals surface area contributed by atoms with Gasteiger partial charge in [0.25, 0.3) is 0 Å². The second-order valence-electron chi connectivity index (χ2n) is 26.9. The maximum Gasteiger partial charge on any atom is 0.203 e. The van der Waals surface area contributed by atoms with Crippen molar-refractivity contribution in [3.05, 3.63) is 124 Å². The van der Waals surface area contributed by atoms with Crippen LogP contribution in [0.15, 0.2) is 91.0 Å². The van der Waals surface area contributed by atoms with Gasteiger partial charge in [0.05, 0.1) is 107 Å². The van der Waals surface area contributed by atoms with E-state index in [1.165, 1.54) is 5.56 Å². The van der Waals surface area contributed by atoms with Crippen LogP contribution in [0, 0.1) is 0 Å². The summed E-state index contributed by atoms with van der Waals surface area (Å²) in [4.78, 5) is 0. The predicted molar refractivity (Wildman–Crippen MR) is 369 cm³/mol. The Bertz CT molecular complexity index is 3020. The molecule has 15 nitrogen and oxygen atoms in total. The second-order valence-corrected chi connectivity index (χ2v) is 26.9. The third-order valence-electron chi connectivity index (χ3n) is 14.2. The van der Waals surface area contributed by atoms with E-state index in [1.807, 2.05) is 60.7 Å². The van der Waals surface area contributed by atoms with Crippen molar-refractivity contribution in [3.63, 3.8) is 0 Å². The van der Waals surface area contributed by atoms with E-state index >= 15 is 0 Å². The van der Waals surface area contributed by atoms with E-state index < -0.39 is 0 Å². The molecule has 0 fully saturated rings.